The average molecular weight is 249 g/mol. The second-order valence-corrected chi connectivity index (χ2v) is 2.81. The van der Waals surface area contributed by atoms with Crippen molar-refractivity contribution >= 4 is 34.0 Å². The van der Waals surface area contributed by atoms with Crippen molar-refractivity contribution in [3.05, 3.63) is 28.2 Å². The van der Waals surface area contributed by atoms with Crippen LogP contribution in [0.3, 0.4) is 0 Å². The Kier molecular flexibility index (Phi) is 4.67. The molecule has 1 rings (SSSR count). The molecule has 0 aliphatic heterocycles. The Labute approximate surface area is 85.1 Å². The summed E-state index contributed by atoms with van der Waals surface area (Å²) in [5.41, 5.74) is 3.87. The molecule has 0 spiro atoms. The van der Waals surface area contributed by atoms with Crippen molar-refractivity contribution in [3.8, 4) is 6.07 Å². The van der Waals surface area contributed by atoms with E-state index in [1.165, 1.54) is 0 Å². The Morgan fingerprint density at radius 3 is 2.58 bits per heavy atom. The van der Waals surface area contributed by atoms with Gasteiger partial charge in [0.2, 0.25) is 0 Å². The molecule has 0 radical (unpaired) electrons. The maximum atomic E-state index is 8.50. The third-order valence-electron chi connectivity index (χ3n) is 1.25. The number of nitriles is 1. The lowest BCUT2D eigenvalue weighted by Gasteiger charge is -2.01. The Morgan fingerprint density at radius 1 is 1.50 bits per heavy atom. The molecule has 1 aromatic rings. The monoisotopic (exact) mass is 247 g/mol. The summed E-state index contributed by atoms with van der Waals surface area (Å²) in [6.07, 6.45) is 0. The number of halogens is 2. The third kappa shape index (κ3) is 2.38. The number of nitrogens with one attached hydrogen (secondary N) is 1. The first-order chi connectivity index (χ1) is 5.27. The van der Waals surface area contributed by atoms with Crippen molar-refractivity contribution in [2.75, 3.05) is 5.43 Å². The predicted octanol–water partition coefficient (Wildman–Crippen LogP) is 2.03. The lowest BCUT2D eigenvalue weighted by molar-refractivity contribution is 1.33. The Balaban J connectivity index is 0.00000121. The number of nitrogens with two attached hydrogens (primary N) is 1. The van der Waals surface area contributed by atoms with Gasteiger partial charge >= 0.3 is 0 Å². The molecule has 64 valence electrons. The highest BCUT2D eigenvalue weighted by Gasteiger charge is 1.97. The smallest absolute Gasteiger partial charge is 0.0992 e. The maximum Gasteiger partial charge on any atom is 0.0992 e. The minimum absolute atomic E-state index is 0. The lowest BCUT2D eigenvalue weighted by Crippen LogP contribution is -2.07. The minimum atomic E-state index is 0. The van der Waals surface area contributed by atoms with E-state index in [-0.39, 0.29) is 12.4 Å². The van der Waals surface area contributed by atoms with Crippen molar-refractivity contribution in [2.45, 2.75) is 0 Å². The summed E-state index contributed by atoms with van der Waals surface area (Å²) in [6.45, 7) is 0. The van der Waals surface area contributed by atoms with Gasteiger partial charge in [-0.15, -0.1) is 12.4 Å². The summed E-state index contributed by atoms with van der Waals surface area (Å²) in [5, 5.41) is 8.50. The zero-order chi connectivity index (χ0) is 8.27. The van der Waals surface area contributed by atoms with Gasteiger partial charge < -0.3 is 5.43 Å². The fourth-order valence-corrected chi connectivity index (χ4v) is 1.19. The first kappa shape index (κ1) is 11.2. The highest BCUT2D eigenvalue weighted by Crippen LogP contribution is 2.21. The number of hydrogen-bond donors (Lipinski definition) is 2. The van der Waals surface area contributed by atoms with Crippen LogP contribution in [0.4, 0.5) is 5.69 Å². The SMILES string of the molecule is Cl.N#Cc1ccc(NN)c(Br)c1. The van der Waals surface area contributed by atoms with E-state index in [9.17, 15) is 0 Å². The molecule has 3 N–H and O–H groups in total. The van der Waals surface area contributed by atoms with Gasteiger partial charge in [0.15, 0.2) is 0 Å². The Bertz CT molecular complexity index is 308. The number of nitrogen functional groups attached to an aromatic ring is 1. The van der Waals surface area contributed by atoms with Gasteiger partial charge in [0.05, 0.1) is 17.3 Å². The molecule has 0 unspecified atom stereocenters. The van der Waals surface area contributed by atoms with Crippen LogP contribution in [0.1, 0.15) is 5.56 Å². The summed E-state index contributed by atoms with van der Waals surface area (Å²) in [4.78, 5) is 0. The molecule has 12 heavy (non-hydrogen) atoms. The standard InChI is InChI=1S/C7H6BrN3.ClH/c8-6-3-5(4-9)1-2-7(6)11-10;/h1-3,11H,10H2;1H. The molecule has 5 heteroatoms. The number of rotatable bonds is 1. The molecule has 0 aliphatic rings. The zero-order valence-corrected chi connectivity index (χ0v) is 8.45. The zero-order valence-electron chi connectivity index (χ0n) is 6.04. The summed E-state index contributed by atoms with van der Waals surface area (Å²) in [5.74, 6) is 5.18. The number of hydrogen-bond acceptors (Lipinski definition) is 3. The fraction of sp³-hybridized carbons (Fsp3) is 0. The van der Waals surface area contributed by atoms with E-state index in [4.69, 9.17) is 11.1 Å². The normalized spacial score (nSPS) is 8.08. The van der Waals surface area contributed by atoms with Crippen molar-refractivity contribution < 1.29 is 0 Å². The molecule has 0 atom stereocenters. The summed E-state index contributed by atoms with van der Waals surface area (Å²) in [6, 6.07) is 7.16. The molecule has 0 fully saturated rings. The van der Waals surface area contributed by atoms with Crippen molar-refractivity contribution in [1.29, 1.82) is 5.26 Å². The molecule has 0 aromatic heterocycles. The quantitative estimate of drug-likeness (QED) is 0.590. The van der Waals surface area contributed by atoms with Crippen LogP contribution in [0, 0.1) is 11.3 Å². The predicted molar refractivity (Wildman–Crippen MR) is 53.9 cm³/mol. The summed E-state index contributed by atoms with van der Waals surface area (Å²) >= 11 is 3.25. The van der Waals surface area contributed by atoms with E-state index < -0.39 is 0 Å². The van der Waals surface area contributed by atoms with E-state index in [0.29, 0.717) is 5.56 Å². The fourth-order valence-electron chi connectivity index (χ4n) is 0.702. The van der Waals surface area contributed by atoms with Crippen LogP contribution in [0.2, 0.25) is 0 Å². The van der Waals surface area contributed by atoms with Gasteiger partial charge in [0, 0.05) is 4.47 Å². The highest BCUT2D eigenvalue weighted by molar-refractivity contribution is 9.10. The summed E-state index contributed by atoms with van der Waals surface area (Å²) < 4.78 is 0.791. The van der Waals surface area contributed by atoms with Crippen molar-refractivity contribution in [1.82, 2.24) is 0 Å². The van der Waals surface area contributed by atoms with E-state index in [2.05, 4.69) is 21.4 Å². The van der Waals surface area contributed by atoms with Crippen molar-refractivity contribution in [2.24, 2.45) is 5.84 Å². The average Bonchev–Trinajstić information content (AvgIpc) is 2.04. The van der Waals surface area contributed by atoms with Crippen LogP contribution in [-0.4, -0.2) is 0 Å². The topological polar surface area (TPSA) is 61.8 Å². The molecular formula is C7H7BrClN3. The van der Waals surface area contributed by atoms with Gasteiger partial charge in [-0.25, -0.2) is 0 Å². The van der Waals surface area contributed by atoms with Crippen LogP contribution in [0.15, 0.2) is 22.7 Å². The maximum absolute atomic E-state index is 8.50. The van der Waals surface area contributed by atoms with Crippen LogP contribution in [-0.2, 0) is 0 Å². The van der Waals surface area contributed by atoms with Crippen molar-refractivity contribution in [3.63, 3.8) is 0 Å². The number of nitrogens with zero attached hydrogens (tertiary/aromatic N) is 1. The lowest BCUT2D eigenvalue weighted by atomic mass is 10.2. The molecule has 0 amide bonds. The Morgan fingerprint density at radius 2 is 2.17 bits per heavy atom. The van der Waals surface area contributed by atoms with Gasteiger partial charge in [0.1, 0.15) is 0 Å². The van der Waals surface area contributed by atoms with E-state index in [0.717, 1.165) is 10.2 Å². The van der Waals surface area contributed by atoms with Gasteiger partial charge in [-0.05, 0) is 34.1 Å². The molecule has 0 aliphatic carbocycles. The van der Waals surface area contributed by atoms with Crippen LogP contribution in [0.5, 0.6) is 0 Å². The van der Waals surface area contributed by atoms with Crippen LogP contribution >= 0.6 is 28.3 Å². The minimum Gasteiger partial charge on any atom is -0.323 e. The molecule has 0 heterocycles. The molecule has 1 aromatic carbocycles. The van der Waals surface area contributed by atoms with E-state index in [1.807, 2.05) is 6.07 Å². The van der Waals surface area contributed by atoms with E-state index >= 15 is 0 Å². The molecule has 0 saturated heterocycles. The number of hydrazine groups is 1. The van der Waals surface area contributed by atoms with Gasteiger partial charge in [0.25, 0.3) is 0 Å². The van der Waals surface area contributed by atoms with Gasteiger partial charge in [-0.2, -0.15) is 5.26 Å². The number of benzene rings is 1. The second kappa shape index (κ2) is 4.99. The van der Waals surface area contributed by atoms with Crippen LogP contribution in [0.25, 0.3) is 0 Å². The van der Waals surface area contributed by atoms with Gasteiger partial charge in [-0.3, -0.25) is 5.84 Å². The molecule has 0 bridgehead atoms. The number of anilines is 1. The summed E-state index contributed by atoms with van der Waals surface area (Å²) in [7, 11) is 0. The molecule has 0 saturated carbocycles. The molecular weight excluding hydrogens is 241 g/mol. The first-order valence-electron chi connectivity index (χ1n) is 2.94. The first-order valence-corrected chi connectivity index (χ1v) is 3.73. The van der Waals surface area contributed by atoms with E-state index in [1.54, 1.807) is 18.2 Å². The second-order valence-electron chi connectivity index (χ2n) is 1.95. The van der Waals surface area contributed by atoms with Gasteiger partial charge in [-0.1, -0.05) is 0 Å². The Hall–Kier alpha value is -0.760. The van der Waals surface area contributed by atoms with Crippen LogP contribution < -0.4 is 11.3 Å². The third-order valence-corrected chi connectivity index (χ3v) is 1.91. The highest BCUT2D eigenvalue weighted by atomic mass is 79.9. The molecule has 3 nitrogen and oxygen atoms in total. The largest absolute Gasteiger partial charge is 0.323 e.